The van der Waals surface area contributed by atoms with E-state index < -0.39 is 0 Å². The average molecular weight is 228 g/mol. The fourth-order valence-electron chi connectivity index (χ4n) is 1.03. The van der Waals surface area contributed by atoms with Crippen molar-refractivity contribution in [2.45, 2.75) is 46.6 Å². The van der Waals surface area contributed by atoms with Crippen molar-refractivity contribution in [1.82, 2.24) is 0 Å². The summed E-state index contributed by atoms with van der Waals surface area (Å²) < 4.78 is 10.8. The smallest absolute Gasteiger partial charge is 0.333 e. The molecule has 3 nitrogen and oxygen atoms in total. The van der Waals surface area contributed by atoms with Gasteiger partial charge in [0.1, 0.15) is 0 Å². The van der Waals surface area contributed by atoms with Gasteiger partial charge >= 0.3 is 5.97 Å². The van der Waals surface area contributed by atoms with Crippen LogP contribution in [-0.4, -0.2) is 24.8 Å². The molecule has 0 saturated heterocycles. The monoisotopic (exact) mass is 228 g/mol. The highest BCUT2D eigenvalue weighted by Gasteiger charge is 2.27. The van der Waals surface area contributed by atoms with Crippen LogP contribution in [0.4, 0.5) is 0 Å². The van der Waals surface area contributed by atoms with Crippen LogP contribution in [0.15, 0.2) is 12.2 Å². The standard InChI is InChI=1S/C13H24O3/c1-7-8-16-13(5,6)11(4)9-15-12(14)10(2)3/h11H,2,7-9H2,1,3-6H3. The Morgan fingerprint density at radius 1 is 1.44 bits per heavy atom. The Balaban J connectivity index is 4.08. The van der Waals surface area contributed by atoms with Gasteiger partial charge in [-0.2, -0.15) is 0 Å². The zero-order valence-electron chi connectivity index (χ0n) is 11.1. The first-order chi connectivity index (χ1) is 7.31. The summed E-state index contributed by atoms with van der Waals surface area (Å²) in [4.78, 5) is 11.2. The molecular formula is C13H24O3. The third-order valence-electron chi connectivity index (χ3n) is 2.68. The molecular weight excluding hydrogens is 204 g/mol. The Labute approximate surface area is 98.8 Å². The Morgan fingerprint density at radius 3 is 2.44 bits per heavy atom. The molecule has 3 heteroatoms. The molecule has 0 amide bonds. The molecule has 0 spiro atoms. The lowest BCUT2D eigenvalue weighted by atomic mass is 9.93. The van der Waals surface area contributed by atoms with E-state index in [0.29, 0.717) is 12.2 Å². The van der Waals surface area contributed by atoms with E-state index in [1.807, 2.05) is 20.8 Å². The summed E-state index contributed by atoms with van der Waals surface area (Å²) in [5, 5.41) is 0. The zero-order chi connectivity index (χ0) is 12.8. The van der Waals surface area contributed by atoms with Crippen LogP contribution in [0.25, 0.3) is 0 Å². The van der Waals surface area contributed by atoms with Crippen LogP contribution in [0, 0.1) is 5.92 Å². The van der Waals surface area contributed by atoms with E-state index in [-0.39, 0.29) is 17.5 Å². The second-order valence-corrected chi connectivity index (χ2v) is 4.73. The highest BCUT2D eigenvalue weighted by molar-refractivity contribution is 5.86. The molecule has 94 valence electrons. The largest absolute Gasteiger partial charge is 0.462 e. The molecule has 0 N–H and O–H groups in total. The molecule has 1 unspecified atom stereocenters. The number of hydrogen-bond donors (Lipinski definition) is 0. The minimum Gasteiger partial charge on any atom is -0.462 e. The molecule has 0 aromatic rings. The Kier molecular flexibility index (Phi) is 6.34. The summed E-state index contributed by atoms with van der Waals surface area (Å²) in [6.45, 7) is 14.4. The zero-order valence-corrected chi connectivity index (χ0v) is 11.1. The molecule has 1 atom stereocenters. The Bertz CT molecular complexity index is 244. The second-order valence-electron chi connectivity index (χ2n) is 4.73. The Hall–Kier alpha value is -0.830. The summed E-state index contributed by atoms with van der Waals surface area (Å²) in [5.41, 5.74) is 0.158. The lowest BCUT2D eigenvalue weighted by Crippen LogP contribution is -2.36. The number of esters is 1. The fourth-order valence-corrected chi connectivity index (χ4v) is 1.03. The van der Waals surface area contributed by atoms with Gasteiger partial charge < -0.3 is 9.47 Å². The van der Waals surface area contributed by atoms with Gasteiger partial charge in [0.2, 0.25) is 0 Å². The van der Waals surface area contributed by atoms with Gasteiger partial charge in [-0.25, -0.2) is 4.79 Å². The predicted octanol–water partition coefficient (Wildman–Crippen LogP) is 2.95. The van der Waals surface area contributed by atoms with E-state index in [4.69, 9.17) is 9.47 Å². The van der Waals surface area contributed by atoms with E-state index >= 15 is 0 Å². The molecule has 0 aromatic carbocycles. The van der Waals surface area contributed by atoms with Gasteiger partial charge in [-0.1, -0.05) is 20.4 Å². The molecule has 0 radical (unpaired) electrons. The maximum atomic E-state index is 11.2. The van der Waals surface area contributed by atoms with Gasteiger partial charge in [-0.3, -0.25) is 0 Å². The van der Waals surface area contributed by atoms with E-state index in [9.17, 15) is 4.79 Å². The normalized spacial score (nSPS) is 13.3. The van der Waals surface area contributed by atoms with Crippen molar-refractivity contribution in [3.63, 3.8) is 0 Å². The highest BCUT2D eigenvalue weighted by atomic mass is 16.5. The van der Waals surface area contributed by atoms with E-state index in [1.54, 1.807) is 6.92 Å². The molecule has 0 heterocycles. The van der Waals surface area contributed by atoms with Crippen LogP contribution in [0.2, 0.25) is 0 Å². The number of hydrogen-bond acceptors (Lipinski definition) is 3. The molecule has 16 heavy (non-hydrogen) atoms. The van der Waals surface area contributed by atoms with E-state index in [2.05, 4.69) is 13.5 Å². The van der Waals surface area contributed by atoms with Crippen LogP contribution >= 0.6 is 0 Å². The summed E-state index contributed by atoms with van der Waals surface area (Å²) in [6, 6.07) is 0. The molecule has 0 rings (SSSR count). The minimum absolute atomic E-state index is 0.155. The number of ether oxygens (including phenoxy) is 2. The maximum absolute atomic E-state index is 11.2. The van der Waals surface area contributed by atoms with Crippen LogP contribution in [0.3, 0.4) is 0 Å². The summed E-state index contributed by atoms with van der Waals surface area (Å²) in [5.74, 6) is -0.180. The van der Waals surface area contributed by atoms with Crippen molar-refractivity contribution in [3.05, 3.63) is 12.2 Å². The SMILES string of the molecule is C=C(C)C(=O)OCC(C)C(C)(C)OCCC. The van der Waals surface area contributed by atoms with Crippen molar-refractivity contribution in [2.24, 2.45) is 5.92 Å². The quantitative estimate of drug-likeness (QED) is 0.496. The molecule has 0 saturated carbocycles. The number of carbonyl (C=O) groups excluding carboxylic acids is 1. The number of carbonyl (C=O) groups is 1. The van der Waals surface area contributed by atoms with Crippen LogP contribution in [-0.2, 0) is 14.3 Å². The van der Waals surface area contributed by atoms with Crippen molar-refractivity contribution in [3.8, 4) is 0 Å². The third-order valence-corrected chi connectivity index (χ3v) is 2.68. The molecule has 0 bridgehead atoms. The Morgan fingerprint density at radius 2 is 2.00 bits per heavy atom. The van der Waals surface area contributed by atoms with E-state index in [1.165, 1.54) is 0 Å². The molecule has 0 fully saturated rings. The van der Waals surface area contributed by atoms with Crippen LogP contribution in [0.5, 0.6) is 0 Å². The predicted molar refractivity (Wildman–Crippen MR) is 65.3 cm³/mol. The topological polar surface area (TPSA) is 35.5 Å². The maximum Gasteiger partial charge on any atom is 0.333 e. The van der Waals surface area contributed by atoms with Crippen molar-refractivity contribution in [1.29, 1.82) is 0 Å². The highest BCUT2D eigenvalue weighted by Crippen LogP contribution is 2.21. The first kappa shape index (κ1) is 15.2. The molecule has 0 aliphatic rings. The first-order valence-corrected chi connectivity index (χ1v) is 5.77. The van der Waals surface area contributed by atoms with Crippen LogP contribution < -0.4 is 0 Å². The van der Waals surface area contributed by atoms with Gasteiger partial charge in [-0.15, -0.1) is 0 Å². The van der Waals surface area contributed by atoms with Crippen molar-refractivity contribution >= 4 is 5.97 Å². The van der Waals surface area contributed by atoms with Gasteiger partial charge in [0.15, 0.2) is 0 Å². The summed E-state index contributed by atoms with van der Waals surface area (Å²) >= 11 is 0. The summed E-state index contributed by atoms with van der Waals surface area (Å²) in [7, 11) is 0. The van der Waals surface area contributed by atoms with Gasteiger partial charge in [-0.05, 0) is 27.2 Å². The van der Waals surface area contributed by atoms with Gasteiger partial charge in [0.25, 0.3) is 0 Å². The van der Waals surface area contributed by atoms with Crippen LogP contribution in [0.1, 0.15) is 41.0 Å². The van der Waals surface area contributed by atoms with E-state index in [0.717, 1.165) is 13.0 Å². The molecule has 0 aliphatic heterocycles. The molecule has 0 aliphatic carbocycles. The minimum atomic E-state index is -0.335. The average Bonchev–Trinajstić information content (AvgIpc) is 2.22. The number of rotatable bonds is 7. The van der Waals surface area contributed by atoms with Gasteiger partial charge in [0.05, 0.1) is 12.2 Å². The van der Waals surface area contributed by atoms with Crippen molar-refractivity contribution < 1.29 is 14.3 Å². The fraction of sp³-hybridized carbons (Fsp3) is 0.769. The third kappa shape index (κ3) is 5.31. The van der Waals surface area contributed by atoms with Crippen molar-refractivity contribution in [2.75, 3.05) is 13.2 Å². The van der Waals surface area contributed by atoms with Gasteiger partial charge in [0, 0.05) is 18.1 Å². The first-order valence-electron chi connectivity index (χ1n) is 5.77. The summed E-state index contributed by atoms with van der Waals surface area (Å²) in [6.07, 6.45) is 0.988. The second kappa shape index (κ2) is 6.69. The lowest BCUT2D eigenvalue weighted by molar-refractivity contribution is -0.144. The lowest BCUT2D eigenvalue weighted by Gasteiger charge is -2.31. The molecule has 0 aromatic heterocycles.